The fourth-order valence-corrected chi connectivity index (χ4v) is 2.55. The number of para-hydroxylation sites is 1. The Labute approximate surface area is 137 Å². The first-order chi connectivity index (χ1) is 10.5. The highest BCUT2D eigenvalue weighted by Crippen LogP contribution is 2.38. The van der Waals surface area contributed by atoms with Crippen molar-refractivity contribution in [2.45, 2.75) is 10.9 Å². The van der Waals surface area contributed by atoms with Gasteiger partial charge in [0.25, 0.3) is 0 Å². The smallest absolute Gasteiger partial charge is 0.148 e. The van der Waals surface area contributed by atoms with Gasteiger partial charge in [-0.3, -0.25) is 0 Å². The van der Waals surface area contributed by atoms with E-state index in [1.807, 2.05) is 24.3 Å². The number of alkyl halides is 1. The Morgan fingerprint density at radius 1 is 1.00 bits per heavy atom. The molecule has 0 spiro atoms. The van der Waals surface area contributed by atoms with Gasteiger partial charge in [0.1, 0.15) is 16.1 Å². The van der Waals surface area contributed by atoms with Gasteiger partial charge >= 0.3 is 0 Å². The zero-order chi connectivity index (χ0) is 16.0. The molecule has 0 saturated carbocycles. The number of rotatable bonds is 1. The van der Waals surface area contributed by atoms with Crippen molar-refractivity contribution in [2.24, 2.45) is 0 Å². The van der Waals surface area contributed by atoms with Gasteiger partial charge in [-0.15, -0.1) is 0 Å². The number of halogens is 2. The zero-order valence-corrected chi connectivity index (χ0v) is 13.4. The molecule has 0 heterocycles. The standard InChI is InChI=1S/C12H10BrFO.C6H6O/c13-12(15)8-2-1-3-11(12)9-4-6-10(14)7-5-9;7-6-4-2-1-3-5-6/h1-7,15H,8H2;1-5,7H. The second-order valence-corrected chi connectivity index (χ2v) is 6.13. The van der Waals surface area contributed by atoms with Gasteiger partial charge in [0.15, 0.2) is 0 Å². The van der Waals surface area contributed by atoms with Crippen LogP contribution >= 0.6 is 15.9 Å². The van der Waals surface area contributed by atoms with E-state index < -0.39 is 4.51 Å². The van der Waals surface area contributed by atoms with Crippen LogP contribution in [-0.4, -0.2) is 14.7 Å². The van der Waals surface area contributed by atoms with Crippen LogP contribution in [0.5, 0.6) is 5.75 Å². The number of phenolic OH excluding ortho intramolecular Hbond substituents is 1. The summed E-state index contributed by atoms with van der Waals surface area (Å²) in [6.45, 7) is 0. The predicted molar refractivity (Wildman–Crippen MR) is 90.1 cm³/mol. The van der Waals surface area contributed by atoms with Crippen molar-refractivity contribution >= 4 is 21.5 Å². The lowest BCUT2D eigenvalue weighted by atomic mass is 9.94. The number of hydrogen-bond donors (Lipinski definition) is 2. The molecule has 1 atom stereocenters. The van der Waals surface area contributed by atoms with Crippen LogP contribution in [0.1, 0.15) is 12.0 Å². The van der Waals surface area contributed by atoms with Gasteiger partial charge in [0.2, 0.25) is 0 Å². The number of aromatic hydroxyl groups is 1. The van der Waals surface area contributed by atoms with E-state index in [0.29, 0.717) is 12.2 Å². The number of aliphatic hydroxyl groups is 1. The van der Waals surface area contributed by atoms with E-state index in [1.54, 1.807) is 36.4 Å². The number of allylic oxidation sites excluding steroid dienone is 2. The Bertz CT molecular complexity index is 661. The summed E-state index contributed by atoms with van der Waals surface area (Å²) in [5.74, 6) is 0.0475. The maximum absolute atomic E-state index is 12.7. The van der Waals surface area contributed by atoms with Gasteiger partial charge in [-0.1, -0.05) is 48.6 Å². The molecule has 0 saturated heterocycles. The Kier molecular flexibility index (Phi) is 5.52. The molecule has 0 radical (unpaired) electrons. The minimum absolute atomic E-state index is 0.274. The van der Waals surface area contributed by atoms with Crippen molar-refractivity contribution in [3.05, 3.63) is 84.2 Å². The molecular formula is C18H16BrFO2. The summed E-state index contributed by atoms with van der Waals surface area (Å²) in [6, 6.07) is 14.8. The molecule has 2 aromatic carbocycles. The predicted octanol–water partition coefficient (Wildman–Crippen LogP) is 4.64. The molecular weight excluding hydrogens is 347 g/mol. The van der Waals surface area contributed by atoms with Gasteiger partial charge in [-0.2, -0.15) is 0 Å². The summed E-state index contributed by atoms with van der Waals surface area (Å²) in [4.78, 5) is 0. The lowest BCUT2D eigenvalue weighted by Crippen LogP contribution is -2.22. The number of phenols is 1. The maximum atomic E-state index is 12.7. The third-order valence-corrected chi connectivity index (χ3v) is 3.86. The number of hydrogen-bond acceptors (Lipinski definition) is 2. The monoisotopic (exact) mass is 362 g/mol. The van der Waals surface area contributed by atoms with Crippen molar-refractivity contribution in [1.82, 2.24) is 0 Å². The summed E-state index contributed by atoms with van der Waals surface area (Å²) in [5, 5.41) is 18.7. The molecule has 0 aliphatic heterocycles. The molecule has 114 valence electrons. The summed E-state index contributed by atoms with van der Waals surface area (Å²) in [7, 11) is 0. The van der Waals surface area contributed by atoms with Gasteiger partial charge in [-0.05, 0) is 45.8 Å². The molecule has 2 aromatic rings. The van der Waals surface area contributed by atoms with Crippen LogP contribution in [0.15, 0.2) is 72.8 Å². The van der Waals surface area contributed by atoms with Gasteiger partial charge in [-0.25, -0.2) is 4.39 Å². The van der Waals surface area contributed by atoms with E-state index in [0.717, 1.165) is 11.1 Å². The Morgan fingerprint density at radius 2 is 1.64 bits per heavy atom. The quantitative estimate of drug-likeness (QED) is 0.725. The van der Waals surface area contributed by atoms with Crippen molar-refractivity contribution < 1.29 is 14.6 Å². The molecule has 4 heteroatoms. The number of benzene rings is 2. The molecule has 2 N–H and O–H groups in total. The highest BCUT2D eigenvalue weighted by Gasteiger charge is 2.29. The molecule has 0 aromatic heterocycles. The first-order valence-electron chi connectivity index (χ1n) is 6.77. The largest absolute Gasteiger partial charge is 0.508 e. The SMILES string of the molecule is OC1(Br)CC=CC=C1c1ccc(F)cc1.Oc1ccccc1. The van der Waals surface area contributed by atoms with E-state index in [1.165, 1.54) is 12.1 Å². The van der Waals surface area contributed by atoms with E-state index in [4.69, 9.17) is 5.11 Å². The Morgan fingerprint density at radius 3 is 2.14 bits per heavy atom. The van der Waals surface area contributed by atoms with Crippen LogP contribution in [0.3, 0.4) is 0 Å². The lowest BCUT2D eigenvalue weighted by Gasteiger charge is -2.25. The van der Waals surface area contributed by atoms with Crippen molar-refractivity contribution in [3.8, 4) is 5.75 Å². The van der Waals surface area contributed by atoms with E-state index in [9.17, 15) is 9.50 Å². The van der Waals surface area contributed by atoms with Crippen LogP contribution < -0.4 is 0 Å². The first-order valence-corrected chi connectivity index (χ1v) is 7.57. The third-order valence-electron chi connectivity index (χ3n) is 3.11. The van der Waals surface area contributed by atoms with E-state index in [2.05, 4.69) is 15.9 Å². The molecule has 1 aliphatic carbocycles. The fraction of sp³-hybridized carbons (Fsp3) is 0.111. The minimum atomic E-state index is -1.04. The maximum Gasteiger partial charge on any atom is 0.148 e. The summed E-state index contributed by atoms with van der Waals surface area (Å²) < 4.78 is 11.7. The van der Waals surface area contributed by atoms with Crippen molar-refractivity contribution in [2.75, 3.05) is 0 Å². The highest BCUT2D eigenvalue weighted by molar-refractivity contribution is 9.10. The van der Waals surface area contributed by atoms with E-state index >= 15 is 0 Å². The molecule has 1 aliphatic rings. The third kappa shape index (κ3) is 4.55. The van der Waals surface area contributed by atoms with Crippen LogP contribution in [-0.2, 0) is 0 Å². The molecule has 1 unspecified atom stereocenters. The van der Waals surface area contributed by atoms with Crippen molar-refractivity contribution in [3.63, 3.8) is 0 Å². The molecule has 3 rings (SSSR count). The van der Waals surface area contributed by atoms with Crippen molar-refractivity contribution in [1.29, 1.82) is 0 Å². The van der Waals surface area contributed by atoms with Gasteiger partial charge in [0.05, 0.1) is 0 Å². The molecule has 0 bridgehead atoms. The molecule has 22 heavy (non-hydrogen) atoms. The lowest BCUT2D eigenvalue weighted by molar-refractivity contribution is 0.207. The normalized spacial score (nSPS) is 19.9. The highest BCUT2D eigenvalue weighted by atomic mass is 79.9. The van der Waals surface area contributed by atoms with Crippen LogP contribution in [0.4, 0.5) is 4.39 Å². The average molecular weight is 363 g/mol. The Hall–Kier alpha value is -1.91. The molecule has 2 nitrogen and oxygen atoms in total. The first kappa shape index (κ1) is 16.5. The Balaban J connectivity index is 0.000000211. The average Bonchev–Trinajstić information content (AvgIpc) is 2.49. The zero-order valence-electron chi connectivity index (χ0n) is 11.8. The van der Waals surface area contributed by atoms with Crippen LogP contribution in [0.25, 0.3) is 5.57 Å². The second kappa shape index (κ2) is 7.38. The minimum Gasteiger partial charge on any atom is -0.508 e. The molecule has 0 fully saturated rings. The van der Waals surface area contributed by atoms with E-state index in [-0.39, 0.29) is 5.82 Å². The molecule has 0 amide bonds. The summed E-state index contributed by atoms with van der Waals surface area (Å²) >= 11 is 3.26. The van der Waals surface area contributed by atoms with Gasteiger partial charge in [0, 0.05) is 12.0 Å². The fourth-order valence-electron chi connectivity index (χ4n) is 2.00. The van der Waals surface area contributed by atoms with Crippen LogP contribution in [0.2, 0.25) is 0 Å². The summed E-state index contributed by atoms with van der Waals surface area (Å²) in [5.41, 5.74) is 1.57. The summed E-state index contributed by atoms with van der Waals surface area (Å²) in [6.07, 6.45) is 6.10. The van der Waals surface area contributed by atoms with Crippen LogP contribution in [0, 0.1) is 5.82 Å². The van der Waals surface area contributed by atoms with Gasteiger partial charge < -0.3 is 10.2 Å². The topological polar surface area (TPSA) is 40.5 Å². The second-order valence-electron chi connectivity index (χ2n) is 4.81.